The Balaban J connectivity index is 1.67. The molecule has 0 fully saturated rings. The van der Waals surface area contributed by atoms with Gasteiger partial charge in [-0.25, -0.2) is 4.98 Å². The highest BCUT2D eigenvalue weighted by Crippen LogP contribution is 2.21. The van der Waals surface area contributed by atoms with Crippen LogP contribution in [0.25, 0.3) is 0 Å². The van der Waals surface area contributed by atoms with E-state index in [4.69, 9.17) is 4.74 Å². The molecule has 2 aromatic carbocycles. The van der Waals surface area contributed by atoms with E-state index in [1.54, 1.807) is 43.6 Å². The fourth-order valence-electron chi connectivity index (χ4n) is 2.58. The summed E-state index contributed by atoms with van der Waals surface area (Å²) in [5.41, 5.74) is 4.17. The maximum Gasteiger partial charge on any atom is 0.274 e. The minimum Gasteiger partial charge on any atom is -0.497 e. The normalized spacial score (nSPS) is 10.2. The molecular weight excluding hydrogens is 326 g/mol. The zero-order valence-electron chi connectivity index (χ0n) is 14.8. The van der Waals surface area contributed by atoms with Crippen molar-refractivity contribution in [1.82, 2.24) is 4.98 Å². The monoisotopic (exact) mass is 347 g/mol. The van der Waals surface area contributed by atoms with Gasteiger partial charge in [-0.2, -0.15) is 0 Å². The number of ether oxygens (including phenoxy) is 1. The first kappa shape index (κ1) is 17.5. The minimum absolute atomic E-state index is 0.254. The van der Waals surface area contributed by atoms with Crippen molar-refractivity contribution in [2.24, 2.45) is 0 Å². The van der Waals surface area contributed by atoms with E-state index in [2.05, 4.69) is 28.6 Å². The maximum absolute atomic E-state index is 12.3. The molecule has 3 aromatic rings. The van der Waals surface area contributed by atoms with Gasteiger partial charge in [-0.05, 0) is 54.4 Å². The van der Waals surface area contributed by atoms with Gasteiger partial charge in [0.2, 0.25) is 0 Å². The van der Waals surface area contributed by atoms with Crippen LogP contribution in [-0.4, -0.2) is 18.0 Å². The number of hydrogen-bond donors (Lipinski definition) is 2. The first-order valence-corrected chi connectivity index (χ1v) is 8.46. The highest BCUT2D eigenvalue weighted by molar-refractivity contribution is 6.03. The van der Waals surface area contributed by atoms with Crippen molar-refractivity contribution in [3.05, 3.63) is 78.1 Å². The molecule has 0 aliphatic heterocycles. The van der Waals surface area contributed by atoms with Crippen LogP contribution < -0.4 is 15.4 Å². The second-order valence-corrected chi connectivity index (χ2v) is 5.75. The summed E-state index contributed by atoms with van der Waals surface area (Å²) in [6, 6.07) is 18.8. The number of pyridine rings is 1. The van der Waals surface area contributed by atoms with E-state index in [0.717, 1.165) is 23.5 Å². The van der Waals surface area contributed by atoms with Crippen LogP contribution in [0.4, 0.5) is 17.1 Å². The second kappa shape index (κ2) is 8.16. The summed E-state index contributed by atoms with van der Waals surface area (Å²) in [5, 5.41) is 6.16. The van der Waals surface area contributed by atoms with Crippen LogP contribution in [0.1, 0.15) is 23.0 Å². The molecule has 0 aliphatic rings. The van der Waals surface area contributed by atoms with Crippen LogP contribution in [0.3, 0.4) is 0 Å². The SMILES string of the molecule is CCc1ccccc1Nc1ccc(C(=O)Nc2ccc(OC)cc2)nc1. The number of para-hydroxylation sites is 1. The van der Waals surface area contributed by atoms with Crippen LogP contribution >= 0.6 is 0 Å². The van der Waals surface area contributed by atoms with E-state index in [9.17, 15) is 4.79 Å². The Kier molecular flexibility index (Phi) is 5.49. The first-order valence-electron chi connectivity index (χ1n) is 8.46. The number of nitrogens with one attached hydrogen (secondary N) is 2. The number of methoxy groups -OCH3 is 1. The Labute approximate surface area is 153 Å². The Hall–Kier alpha value is -3.34. The molecule has 0 unspecified atom stereocenters. The number of nitrogens with zero attached hydrogens (tertiary/aromatic N) is 1. The lowest BCUT2D eigenvalue weighted by Crippen LogP contribution is -2.13. The van der Waals surface area contributed by atoms with Crippen molar-refractivity contribution in [3.8, 4) is 5.75 Å². The molecule has 2 N–H and O–H groups in total. The van der Waals surface area contributed by atoms with E-state index in [1.165, 1.54) is 5.56 Å². The van der Waals surface area contributed by atoms with E-state index >= 15 is 0 Å². The number of carbonyl (C=O) groups excluding carboxylic acids is 1. The zero-order chi connectivity index (χ0) is 18.4. The molecule has 5 heteroatoms. The van der Waals surface area contributed by atoms with Crippen molar-refractivity contribution in [2.75, 3.05) is 17.7 Å². The summed E-state index contributed by atoms with van der Waals surface area (Å²) in [6.07, 6.45) is 2.61. The van der Waals surface area contributed by atoms with Gasteiger partial charge in [0.15, 0.2) is 0 Å². The number of amides is 1. The highest BCUT2D eigenvalue weighted by Gasteiger charge is 2.08. The van der Waals surface area contributed by atoms with Crippen molar-refractivity contribution in [2.45, 2.75) is 13.3 Å². The quantitative estimate of drug-likeness (QED) is 0.681. The van der Waals surface area contributed by atoms with E-state index < -0.39 is 0 Å². The third-order valence-corrected chi connectivity index (χ3v) is 4.02. The van der Waals surface area contributed by atoms with Gasteiger partial charge in [0.1, 0.15) is 11.4 Å². The lowest BCUT2D eigenvalue weighted by molar-refractivity contribution is 0.102. The lowest BCUT2D eigenvalue weighted by atomic mass is 10.1. The molecule has 0 saturated carbocycles. The molecule has 0 aliphatic carbocycles. The van der Waals surface area contributed by atoms with Crippen molar-refractivity contribution < 1.29 is 9.53 Å². The van der Waals surface area contributed by atoms with Crippen molar-refractivity contribution in [3.63, 3.8) is 0 Å². The number of aryl methyl sites for hydroxylation is 1. The van der Waals surface area contributed by atoms with Gasteiger partial charge in [0, 0.05) is 11.4 Å². The average Bonchev–Trinajstić information content (AvgIpc) is 2.69. The molecular formula is C21H21N3O2. The largest absolute Gasteiger partial charge is 0.497 e. The molecule has 0 atom stereocenters. The minimum atomic E-state index is -0.254. The Morgan fingerprint density at radius 3 is 2.38 bits per heavy atom. The molecule has 0 saturated heterocycles. The molecule has 3 rings (SSSR count). The molecule has 0 radical (unpaired) electrons. The summed E-state index contributed by atoms with van der Waals surface area (Å²) in [5.74, 6) is 0.486. The molecule has 5 nitrogen and oxygen atoms in total. The van der Waals surface area contributed by atoms with Crippen molar-refractivity contribution in [1.29, 1.82) is 0 Å². The predicted molar refractivity (Wildman–Crippen MR) is 104 cm³/mol. The summed E-state index contributed by atoms with van der Waals surface area (Å²) in [7, 11) is 1.60. The number of aromatic nitrogens is 1. The molecule has 0 spiro atoms. The highest BCUT2D eigenvalue weighted by atomic mass is 16.5. The molecule has 26 heavy (non-hydrogen) atoms. The van der Waals surface area contributed by atoms with Crippen LogP contribution in [0.5, 0.6) is 5.75 Å². The van der Waals surface area contributed by atoms with E-state index in [-0.39, 0.29) is 5.91 Å². The third-order valence-electron chi connectivity index (χ3n) is 4.02. The molecule has 132 valence electrons. The number of anilines is 3. The Morgan fingerprint density at radius 1 is 1.00 bits per heavy atom. The van der Waals surface area contributed by atoms with Gasteiger partial charge < -0.3 is 15.4 Å². The smallest absolute Gasteiger partial charge is 0.274 e. The van der Waals surface area contributed by atoms with Gasteiger partial charge in [-0.1, -0.05) is 25.1 Å². The molecule has 0 bridgehead atoms. The van der Waals surface area contributed by atoms with Crippen molar-refractivity contribution >= 4 is 23.0 Å². The van der Waals surface area contributed by atoms with Gasteiger partial charge in [0.05, 0.1) is 19.0 Å². The van der Waals surface area contributed by atoms with Gasteiger partial charge in [-0.15, -0.1) is 0 Å². The van der Waals surface area contributed by atoms with E-state index in [1.807, 2.05) is 24.3 Å². The summed E-state index contributed by atoms with van der Waals surface area (Å²) < 4.78 is 5.11. The molecule has 1 amide bonds. The van der Waals surface area contributed by atoms with Crippen LogP contribution in [-0.2, 0) is 6.42 Å². The third kappa shape index (κ3) is 4.19. The van der Waals surface area contributed by atoms with E-state index in [0.29, 0.717) is 11.4 Å². The summed E-state index contributed by atoms with van der Waals surface area (Å²) >= 11 is 0. The van der Waals surface area contributed by atoms with Crippen LogP contribution in [0, 0.1) is 0 Å². The number of rotatable bonds is 6. The molecule has 1 heterocycles. The summed E-state index contributed by atoms with van der Waals surface area (Å²) in [6.45, 7) is 2.12. The first-order chi connectivity index (χ1) is 12.7. The Bertz CT molecular complexity index is 875. The lowest BCUT2D eigenvalue weighted by Gasteiger charge is -2.11. The second-order valence-electron chi connectivity index (χ2n) is 5.75. The van der Waals surface area contributed by atoms with Gasteiger partial charge in [-0.3, -0.25) is 4.79 Å². The fraction of sp³-hybridized carbons (Fsp3) is 0.143. The standard InChI is InChI=1S/C21H21N3O2/c1-3-15-6-4-5-7-19(15)23-17-10-13-20(22-14-17)21(25)24-16-8-11-18(26-2)12-9-16/h4-14,23H,3H2,1-2H3,(H,24,25). The summed E-state index contributed by atoms with van der Waals surface area (Å²) in [4.78, 5) is 16.6. The molecule has 1 aromatic heterocycles. The average molecular weight is 347 g/mol. The predicted octanol–water partition coefficient (Wildman–Crippen LogP) is 4.65. The topological polar surface area (TPSA) is 63.2 Å². The number of carbonyl (C=O) groups is 1. The zero-order valence-corrected chi connectivity index (χ0v) is 14.8. The maximum atomic E-state index is 12.3. The van der Waals surface area contributed by atoms with Crippen LogP contribution in [0.2, 0.25) is 0 Å². The number of benzene rings is 2. The van der Waals surface area contributed by atoms with Gasteiger partial charge >= 0.3 is 0 Å². The fourth-order valence-corrected chi connectivity index (χ4v) is 2.58. The van der Waals surface area contributed by atoms with Crippen LogP contribution in [0.15, 0.2) is 66.9 Å². The Morgan fingerprint density at radius 2 is 1.73 bits per heavy atom. The number of hydrogen-bond acceptors (Lipinski definition) is 4. The van der Waals surface area contributed by atoms with Gasteiger partial charge in [0.25, 0.3) is 5.91 Å².